The van der Waals surface area contributed by atoms with Crippen molar-refractivity contribution in [1.29, 1.82) is 0 Å². The number of piperidine rings is 1. The number of nitrogens with zero attached hydrogens (tertiary/aromatic N) is 2. The Bertz CT molecular complexity index is 514. The van der Waals surface area contributed by atoms with Crippen LogP contribution in [0, 0.1) is 0 Å². The van der Waals surface area contributed by atoms with E-state index in [4.69, 9.17) is 0 Å². The van der Waals surface area contributed by atoms with Crippen LogP contribution in [0.25, 0.3) is 0 Å². The van der Waals surface area contributed by atoms with Crippen LogP contribution in [0.15, 0.2) is 18.3 Å². The van der Waals surface area contributed by atoms with Crippen molar-refractivity contribution in [3.05, 3.63) is 24.0 Å². The topological polar surface area (TPSA) is 74.3 Å². The van der Waals surface area contributed by atoms with Gasteiger partial charge in [-0.1, -0.05) is 0 Å². The average molecular weight is 311 g/mol. The summed E-state index contributed by atoms with van der Waals surface area (Å²) in [5.41, 5.74) is 1.83. The van der Waals surface area contributed by atoms with E-state index in [1.54, 1.807) is 0 Å². The summed E-state index contributed by atoms with van der Waals surface area (Å²) in [5.74, 6) is -0.725. The van der Waals surface area contributed by atoms with Crippen LogP contribution in [-0.2, 0) is 9.59 Å². The Kier molecular flexibility index (Phi) is 5.14. The van der Waals surface area contributed by atoms with Gasteiger partial charge in [-0.15, -0.1) is 12.4 Å². The van der Waals surface area contributed by atoms with Gasteiger partial charge in [0.2, 0.25) is 11.8 Å². The lowest BCUT2D eigenvalue weighted by molar-refractivity contribution is -0.134. The van der Waals surface area contributed by atoms with Crippen LogP contribution >= 0.6 is 12.4 Å². The van der Waals surface area contributed by atoms with Crippen molar-refractivity contribution >= 4 is 29.9 Å². The van der Waals surface area contributed by atoms with Crippen LogP contribution in [0.3, 0.4) is 0 Å². The highest BCUT2D eigenvalue weighted by Gasteiger charge is 2.28. The number of hydrogen-bond acceptors (Lipinski definition) is 5. The van der Waals surface area contributed by atoms with Crippen LogP contribution in [0.2, 0.25) is 0 Å². The number of amides is 2. The van der Waals surface area contributed by atoms with E-state index in [1.807, 2.05) is 18.3 Å². The molecule has 2 aliphatic rings. The normalized spacial score (nSPS) is 22.5. The number of carbonyl (C=O) groups excluding carboxylic acids is 2. The lowest BCUT2D eigenvalue weighted by atomic mass is 9.94. The highest BCUT2D eigenvalue weighted by atomic mass is 35.5. The Balaban J connectivity index is 0.00000161. The van der Waals surface area contributed by atoms with Crippen LogP contribution < -0.4 is 15.5 Å². The monoisotopic (exact) mass is 310 g/mol. The highest BCUT2D eigenvalue weighted by Crippen LogP contribution is 2.24. The Hall–Kier alpha value is -1.66. The standard InChI is InChI=1S/C14H18N4O2.ClH/c19-13-4-2-11(14(20)17-13)12-3-1-10(9-16-12)18-7-5-15-6-8-18;/h1,3,9,11,15H,2,4-8H2,(H,17,19,20);1H. The van der Waals surface area contributed by atoms with E-state index < -0.39 is 0 Å². The first kappa shape index (κ1) is 15.7. The Labute approximate surface area is 129 Å². The number of rotatable bonds is 2. The fourth-order valence-electron chi connectivity index (χ4n) is 2.69. The molecule has 1 unspecified atom stereocenters. The molecular formula is C14H19ClN4O2. The van der Waals surface area contributed by atoms with Gasteiger partial charge in [-0.25, -0.2) is 0 Å². The Morgan fingerprint density at radius 2 is 1.95 bits per heavy atom. The molecule has 114 valence electrons. The molecule has 6 nitrogen and oxygen atoms in total. The number of aromatic nitrogens is 1. The predicted octanol–water partition coefficient (Wildman–Crippen LogP) is 0.433. The third-order valence-corrected chi connectivity index (χ3v) is 3.85. The fourth-order valence-corrected chi connectivity index (χ4v) is 2.69. The maximum atomic E-state index is 11.8. The first-order valence-corrected chi connectivity index (χ1v) is 6.99. The highest BCUT2D eigenvalue weighted by molar-refractivity contribution is 6.00. The lowest BCUT2D eigenvalue weighted by Gasteiger charge is -2.29. The van der Waals surface area contributed by atoms with Gasteiger partial charge in [0.15, 0.2) is 0 Å². The summed E-state index contributed by atoms with van der Waals surface area (Å²) in [6.45, 7) is 3.91. The van der Waals surface area contributed by atoms with Gasteiger partial charge in [0.1, 0.15) is 0 Å². The number of pyridine rings is 1. The van der Waals surface area contributed by atoms with Gasteiger partial charge in [0.05, 0.1) is 23.5 Å². The molecule has 21 heavy (non-hydrogen) atoms. The molecule has 0 radical (unpaired) electrons. The summed E-state index contributed by atoms with van der Waals surface area (Å²) in [5, 5.41) is 5.68. The first-order valence-electron chi connectivity index (χ1n) is 6.99. The average Bonchev–Trinajstić information content (AvgIpc) is 2.48. The minimum Gasteiger partial charge on any atom is -0.368 e. The van der Waals surface area contributed by atoms with Crippen molar-refractivity contribution in [2.45, 2.75) is 18.8 Å². The number of piperazine rings is 1. The van der Waals surface area contributed by atoms with Gasteiger partial charge in [0.25, 0.3) is 0 Å². The molecule has 0 aliphatic carbocycles. The molecule has 2 aliphatic heterocycles. The number of halogens is 1. The second kappa shape index (κ2) is 6.87. The summed E-state index contributed by atoms with van der Waals surface area (Å²) >= 11 is 0. The molecule has 2 amide bonds. The molecule has 2 saturated heterocycles. The van der Waals surface area contributed by atoms with E-state index in [1.165, 1.54) is 0 Å². The third-order valence-electron chi connectivity index (χ3n) is 3.85. The predicted molar refractivity (Wildman–Crippen MR) is 81.7 cm³/mol. The second-order valence-electron chi connectivity index (χ2n) is 5.18. The van der Waals surface area contributed by atoms with Crippen molar-refractivity contribution in [3.8, 4) is 0 Å². The molecule has 7 heteroatoms. The minimum atomic E-state index is -0.301. The Morgan fingerprint density at radius 1 is 1.19 bits per heavy atom. The molecule has 1 atom stereocenters. The zero-order chi connectivity index (χ0) is 13.9. The van der Waals surface area contributed by atoms with E-state index >= 15 is 0 Å². The molecule has 0 saturated carbocycles. The van der Waals surface area contributed by atoms with Crippen molar-refractivity contribution < 1.29 is 9.59 Å². The Morgan fingerprint density at radius 3 is 2.57 bits per heavy atom. The zero-order valence-corrected chi connectivity index (χ0v) is 12.5. The van der Waals surface area contributed by atoms with Crippen LogP contribution in [0.1, 0.15) is 24.5 Å². The van der Waals surface area contributed by atoms with Gasteiger partial charge in [0, 0.05) is 32.6 Å². The molecule has 2 fully saturated rings. The van der Waals surface area contributed by atoms with Crippen LogP contribution in [0.4, 0.5) is 5.69 Å². The lowest BCUT2D eigenvalue weighted by Crippen LogP contribution is -2.43. The van der Waals surface area contributed by atoms with Gasteiger partial charge in [-0.05, 0) is 18.6 Å². The molecular weight excluding hydrogens is 292 g/mol. The van der Waals surface area contributed by atoms with E-state index in [-0.39, 0.29) is 30.1 Å². The maximum Gasteiger partial charge on any atom is 0.235 e. The number of carbonyl (C=O) groups is 2. The van der Waals surface area contributed by atoms with Crippen molar-refractivity contribution in [3.63, 3.8) is 0 Å². The number of anilines is 1. The van der Waals surface area contributed by atoms with E-state index in [0.717, 1.165) is 37.6 Å². The summed E-state index contributed by atoms with van der Waals surface area (Å²) < 4.78 is 0. The first-order chi connectivity index (χ1) is 9.74. The van der Waals surface area contributed by atoms with Gasteiger partial charge in [-0.2, -0.15) is 0 Å². The number of hydrogen-bond donors (Lipinski definition) is 2. The SMILES string of the molecule is Cl.O=C1CCC(c2ccc(N3CCNCC3)cn2)C(=O)N1. The van der Waals surface area contributed by atoms with Crippen molar-refractivity contribution in [2.75, 3.05) is 31.1 Å². The maximum absolute atomic E-state index is 11.8. The molecule has 0 aromatic carbocycles. The fraction of sp³-hybridized carbons (Fsp3) is 0.500. The van der Waals surface area contributed by atoms with Crippen LogP contribution in [0.5, 0.6) is 0 Å². The van der Waals surface area contributed by atoms with Crippen molar-refractivity contribution in [1.82, 2.24) is 15.6 Å². The minimum absolute atomic E-state index is 0. The van der Waals surface area contributed by atoms with Gasteiger partial charge in [-0.3, -0.25) is 19.9 Å². The smallest absolute Gasteiger partial charge is 0.235 e. The van der Waals surface area contributed by atoms with Gasteiger partial charge >= 0.3 is 0 Å². The molecule has 3 rings (SSSR count). The summed E-state index contributed by atoms with van der Waals surface area (Å²) in [6.07, 6.45) is 2.76. The largest absolute Gasteiger partial charge is 0.368 e. The second-order valence-corrected chi connectivity index (χ2v) is 5.18. The molecule has 0 bridgehead atoms. The molecule has 1 aromatic heterocycles. The van der Waals surface area contributed by atoms with Crippen LogP contribution in [-0.4, -0.2) is 43.0 Å². The third kappa shape index (κ3) is 3.51. The van der Waals surface area contributed by atoms with Gasteiger partial charge < -0.3 is 10.2 Å². The summed E-state index contributed by atoms with van der Waals surface area (Å²) in [6, 6.07) is 3.91. The van der Waals surface area contributed by atoms with Crippen molar-refractivity contribution in [2.24, 2.45) is 0 Å². The molecule has 3 heterocycles. The van der Waals surface area contributed by atoms with E-state index in [0.29, 0.717) is 12.8 Å². The summed E-state index contributed by atoms with van der Waals surface area (Å²) in [7, 11) is 0. The van der Waals surface area contributed by atoms with E-state index in [9.17, 15) is 9.59 Å². The number of imide groups is 1. The zero-order valence-electron chi connectivity index (χ0n) is 11.7. The number of nitrogens with one attached hydrogen (secondary N) is 2. The van der Waals surface area contributed by atoms with E-state index in [2.05, 4.69) is 20.5 Å². The molecule has 1 aromatic rings. The molecule has 2 N–H and O–H groups in total. The summed E-state index contributed by atoms with van der Waals surface area (Å²) in [4.78, 5) is 29.6. The molecule has 0 spiro atoms. The quantitative estimate of drug-likeness (QED) is 0.775.